The molecule has 4 radical (unpaired) electrons. The van der Waals surface area contributed by atoms with Crippen LogP contribution in [-0.2, 0) is 249 Å². The summed E-state index contributed by atoms with van der Waals surface area (Å²) in [4.78, 5) is 47.3. The average molecular weight is 2380 g/mol. The number of benzene rings is 2. The average Bonchev–Trinajstić information content (AvgIpc) is 1.65. The minimum Gasteiger partial charge on any atom is -0.665 e. The Bertz CT molecular complexity index is 2380. The van der Waals surface area contributed by atoms with Gasteiger partial charge in [-0.05, 0) is 92.8 Å². The van der Waals surface area contributed by atoms with Gasteiger partial charge >= 0.3 is 12.2 Å². The summed E-state index contributed by atoms with van der Waals surface area (Å²) in [5.74, 6) is -2.38. The predicted octanol–water partition coefficient (Wildman–Crippen LogP) is 9.20. The summed E-state index contributed by atoms with van der Waals surface area (Å²) < 4.78 is 71.1. The fourth-order valence-electron chi connectivity index (χ4n) is 13.9. The first-order valence-corrected chi connectivity index (χ1v) is 27.9. The summed E-state index contributed by atoms with van der Waals surface area (Å²) in [6.07, 6.45) is 12.6. The molecule has 10 aliphatic rings. The molecule has 0 spiro atoms. The summed E-state index contributed by atoms with van der Waals surface area (Å²) >= 11 is 0. The van der Waals surface area contributed by atoms with E-state index in [1.165, 1.54) is 6.42 Å². The van der Waals surface area contributed by atoms with E-state index >= 15 is 0 Å². The first-order chi connectivity index (χ1) is 38.0. The van der Waals surface area contributed by atoms with Crippen LogP contribution in [0.25, 0.3) is 11.5 Å². The van der Waals surface area contributed by atoms with Crippen molar-refractivity contribution in [2.75, 3.05) is 75.7 Å². The second-order valence-corrected chi connectivity index (χ2v) is 22.5. The Labute approximate surface area is 705 Å². The molecule has 2 aromatic rings. The fourth-order valence-corrected chi connectivity index (χ4v) is 13.9. The molecule has 4 N–H and O–H groups in total. The maximum absolute atomic E-state index is 12.3. The number of rotatable bonds is 12. The van der Waals surface area contributed by atoms with Gasteiger partial charge in [0.2, 0.25) is 5.79 Å². The standard InChI is InChI=1S/C17H23NO5.C15H17NO4.C10H18O3.C9H16NO3.C7H10NO2.3CH3.Pd.2U.2V.2W.2Y/c1-20-17(21-2)12-23-14-9-6-10-16(14,17)18-15(19)22-11-13-7-4-3-5-8-13;17-12-10-19-13-7-4-8-15(12,13)16-14(18)20-9-11-5-2-1-3-6-11;1-9-6-4-5-8(9)13-7-10(9,11-2)12-3;1-11-9(12-2)6-13-7-4-3-5-8(7,9)10;8-7-3-1-2-6(7)10-4-5(7)9;;;;;;;;;;;;/h3-5,7-8,14H,6,9-12H2,1-2H3,(H,18,19);1-3,5-6,13H,4,7-10H2,(H,16,18);8H,4-7H2,1-3H3;7,10H,3-6H2,1-2H3;6,8H,1-4H2;3*1H3;;;;;;;;;/q;;;5*-1;;;;;;;;;/t14-,16-;13-,15+;8-,9+;7-,8-;6-,7+;;;;;;;;;;;;/m11111............/s1. The van der Waals surface area contributed by atoms with Gasteiger partial charge < -0.3 is 106 Å². The molecular weight excluding hydrogens is 2290 g/mol. The van der Waals surface area contributed by atoms with Gasteiger partial charge in [0.25, 0.3) is 0 Å². The molecule has 10 atom stereocenters. The number of nitrogens with one attached hydrogen (secondary N) is 4. The van der Waals surface area contributed by atoms with Crippen molar-refractivity contribution in [3.05, 3.63) is 106 Å². The van der Waals surface area contributed by atoms with Crippen molar-refractivity contribution in [3.8, 4) is 0 Å². The first kappa shape index (κ1) is 103. The summed E-state index contributed by atoms with van der Waals surface area (Å²) in [5, 5.41) is 5.72. The van der Waals surface area contributed by atoms with Crippen LogP contribution in [-0.4, -0.2) is 169 Å². The van der Waals surface area contributed by atoms with Gasteiger partial charge in [-0.2, -0.15) is 0 Å². The van der Waals surface area contributed by atoms with Crippen LogP contribution in [0.4, 0.5) is 9.59 Å². The van der Waals surface area contributed by atoms with Crippen molar-refractivity contribution >= 4 is 23.8 Å². The number of carbonyl (C=O) groups excluding carboxylic acids is 4. The van der Waals surface area contributed by atoms with Crippen molar-refractivity contribution in [1.82, 2.24) is 10.6 Å². The zero-order valence-electron chi connectivity index (χ0n) is 54.3. The van der Waals surface area contributed by atoms with Crippen LogP contribution in [0, 0.1) is 89.9 Å². The van der Waals surface area contributed by atoms with E-state index in [2.05, 4.69) is 17.6 Å². The van der Waals surface area contributed by atoms with E-state index in [0.717, 1.165) is 88.2 Å². The molecule has 0 aromatic heterocycles. The second kappa shape index (κ2) is 46.1. The maximum Gasteiger partial charge on any atom is 0.408 e. The Hall–Kier alpha value is 3.32. The zero-order valence-corrected chi connectivity index (χ0v) is 78.6. The molecule has 5 aliphatic carbocycles. The topological polar surface area (TPSA) is 260 Å². The Morgan fingerprint density at radius 1 is 0.505 bits per heavy atom. The Morgan fingerprint density at radius 2 is 0.901 bits per heavy atom. The second-order valence-electron chi connectivity index (χ2n) is 22.5. The van der Waals surface area contributed by atoms with Gasteiger partial charge in [0.05, 0.1) is 36.4 Å². The van der Waals surface area contributed by atoms with E-state index in [-0.39, 0.29) is 317 Å². The fraction of sp³-hybridized carbons (Fsp3) is 0.689. The summed E-state index contributed by atoms with van der Waals surface area (Å²) in [6.45, 7) is 4.14. The van der Waals surface area contributed by atoms with E-state index in [9.17, 15) is 19.2 Å². The van der Waals surface area contributed by atoms with Gasteiger partial charge in [-0.15, -0.1) is 0 Å². The molecule has 0 bridgehead atoms. The number of ether oxygens (including phenoxy) is 13. The van der Waals surface area contributed by atoms with Gasteiger partial charge in [0.15, 0.2) is 17.4 Å². The van der Waals surface area contributed by atoms with E-state index in [4.69, 9.17) is 73.0 Å². The van der Waals surface area contributed by atoms with E-state index in [0.29, 0.717) is 38.8 Å². The van der Waals surface area contributed by atoms with Gasteiger partial charge in [-0.1, -0.05) is 93.3 Å². The number of ketones is 2. The minimum atomic E-state index is -0.972. The smallest absolute Gasteiger partial charge is 0.408 e. The van der Waals surface area contributed by atoms with Crippen molar-refractivity contribution in [2.45, 2.75) is 186 Å². The predicted molar refractivity (Wildman–Crippen MR) is 305 cm³/mol. The molecule has 30 heteroatoms. The van der Waals surface area contributed by atoms with Crippen LogP contribution >= 0.6 is 0 Å². The third-order valence-electron chi connectivity index (χ3n) is 18.8. The molecular formula is C61H93N4O17PdU2V2W2Y2-5. The monoisotopic (exact) mass is 2380 g/mol. The van der Waals surface area contributed by atoms with Crippen molar-refractivity contribution < 1.29 is 308 Å². The largest absolute Gasteiger partial charge is 0.665 e. The molecule has 12 rings (SSSR count). The summed E-state index contributed by atoms with van der Waals surface area (Å²) in [5.41, 5.74) is 14.9. The normalized spacial score (nSPS) is 30.5. The van der Waals surface area contributed by atoms with Gasteiger partial charge in [0, 0.05) is 276 Å². The van der Waals surface area contributed by atoms with Crippen LogP contribution in [0.15, 0.2) is 60.7 Å². The molecule has 2 amide bonds. The third-order valence-corrected chi connectivity index (χ3v) is 18.8. The quantitative estimate of drug-likeness (QED) is 0.114. The molecule has 0 unspecified atom stereocenters. The number of amides is 2. The van der Waals surface area contributed by atoms with Crippen molar-refractivity contribution in [2.24, 2.45) is 5.41 Å². The van der Waals surface area contributed by atoms with Crippen LogP contribution < -0.4 is 10.6 Å². The number of fused-ring (bicyclic) bond motifs is 5. The number of carbonyl (C=O) groups is 4. The number of hydrogen-bond donors (Lipinski definition) is 2. The van der Waals surface area contributed by atoms with Crippen molar-refractivity contribution in [1.29, 1.82) is 0 Å². The van der Waals surface area contributed by atoms with Crippen LogP contribution in [0.5, 0.6) is 0 Å². The van der Waals surface area contributed by atoms with E-state index in [1.54, 1.807) is 42.7 Å². The van der Waals surface area contributed by atoms with Crippen LogP contribution in [0.2, 0.25) is 0 Å². The van der Waals surface area contributed by atoms with Gasteiger partial charge in [-0.3, -0.25) is 9.59 Å². The Balaban J connectivity index is -0.000000336. The Kier molecular flexibility index (Phi) is 52.2. The maximum atomic E-state index is 12.3. The zero-order chi connectivity index (χ0) is 56.6. The third kappa shape index (κ3) is 21.7. The molecule has 10 fully saturated rings. The first-order valence-electron chi connectivity index (χ1n) is 27.9. The SMILES string of the molecule is COC1(OC)CO[C@@H]2CCC[C@@]21C.COC1(OC)CO[C@@H]2CCC[C@@]21NC(=O)OCc1ccccc1.COC1(OC)CO[C@@H]2CCC[C@@]21[NH-].O=C(N[C@]12CCC[C@H]1OCC2=O)OCc1ccccc1.[CH3-].[CH3-].[CH3-].[NH-][C@]12CCC[C@H]1OCC2=O.[Pd].[U].[U].[V].[V].[W].[W].[Y].[Y]. The number of methoxy groups -OCH3 is 6. The van der Waals surface area contributed by atoms with Crippen LogP contribution in [0.1, 0.15) is 114 Å². The minimum absolute atomic E-state index is 0. The van der Waals surface area contributed by atoms with E-state index < -0.39 is 51.7 Å². The van der Waals surface area contributed by atoms with Gasteiger partial charge in [0.1, 0.15) is 56.5 Å². The number of hydrogen-bond acceptors (Lipinski definition) is 17. The molecule has 91 heavy (non-hydrogen) atoms. The Morgan fingerprint density at radius 3 is 1.44 bits per heavy atom. The number of alkyl carbamates (subject to hydrolysis) is 2. The molecule has 5 aliphatic heterocycles. The molecule has 5 saturated carbocycles. The van der Waals surface area contributed by atoms with Crippen LogP contribution in [0.3, 0.4) is 0 Å². The molecule has 2 aromatic carbocycles. The summed E-state index contributed by atoms with van der Waals surface area (Å²) in [6, 6.07) is 19.0. The number of Topliss-reactive ketones (excluding diaryl/α,β-unsaturated/α-hetero) is 2. The molecule has 510 valence electrons. The van der Waals surface area contributed by atoms with Gasteiger partial charge in [-0.25, -0.2) is 9.59 Å². The molecule has 5 heterocycles. The van der Waals surface area contributed by atoms with Crippen molar-refractivity contribution in [3.63, 3.8) is 0 Å². The molecule has 5 saturated heterocycles. The molecule has 21 nitrogen and oxygen atoms in total. The summed E-state index contributed by atoms with van der Waals surface area (Å²) in [7, 11) is 9.74. The van der Waals surface area contributed by atoms with E-state index in [1.807, 2.05) is 60.7 Å².